The third kappa shape index (κ3) is 7.53. The van der Waals surface area contributed by atoms with Crippen LogP contribution in [0.1, 0.15) is 13.8 Å². The second kappa shape index (κ2) is 10.7. The molecular formula is C17H26ClN4O3+. The molecule has 8 heteroatoms. The SMILES string of the molecule is CCNC(=O)CN(CC)C(=O)C[NH+](C)CC(=O)Nc1ccccc1Cl. The van der Waals surface area contributed by atoms with Crippen LogP contribution in [-0.4, -0.2) is 62.4 Å². The van der Waals surface area contributed by atoms with Crippen LogP contribution in [0, 0.1) is 0 Å². The molecule has 1 aromatic carbocycles. The molecular weight excluding hydrogens is 344 g/mol. The Morgan fingerprint density at radius 2 is 1.80 bits per heavy atom. The number of hydrogen-bond acceptors (Lipinski definition) is 3. The number of anilines is 1. The zero-order chi connectivity index (χ0) is 18.8. The molecule has 0 aliphatic heterocycles. The molecule has 1 unspecified atom stereocenters. The summed E-state index contributed by atoms with van der Waals surface area (Å²) in [5.74, 6) is -0.589. The maximum absolute atomic E-state index is 12.3. The number of amides is 3. The van der Waals surface area contributed by atoms with Crippen LogP contribution in [-0.2, 0) is 14.4 Å². The molecule has 3 N–H and O–H groups in total. The highest BCUT2D eigenvalue weighted by atomic mass is 35.5. The van der Waals surface area contributed by atoms with Gasteiger partial charge in [-0.15, -0.1) is 0 Å². The van der Waals surface area contributed by atoms with Gasteiger partial charge in [0, 0.05) is 13.1 Å². The van der Waals surface area contributed by atoms with Gasteiger partial charge in [-0.3, -0.25) is 14.4 Å². The number of rotatable bonds is 9. The quantitative estimate of drug-likeness (QED) is 0.562. The van der Waals surface area contributed by atoms with Crippen molar-refractivity contribution in [3.63, 3.8) is 0 Å². The molecule has 3 amide bonds. The third-order valence-corrected chi connectivity index (χ3v) is 3.84. The normalized spacial score (nSPS) is 11.5. The van der Waals surface area contributed by atoms with Gasteiger partial charge in [0.25, 0.3) is 11.8 Å². The van der Waals surface area contributed by atoms with Crippen LogP contribution in [0.2, 0.25) is 5.02 Å². The predicted octanol–water partition coefficient (Wildman–Crippen LogP) is -0.222. The van der Waals surface area contributed by atoms with E-state index in [2.05, 4.69) is 10.6 Å². The van der Waals surface area contributed by atoms with Crippen LogP contribution in [0.25, 0.3) is 0 Å². The lowest BCUT2D eigenvalue weighted by atomic mass is 10.3. The Morgan fingerprint density at radius 3 is 2.40 bits per heavy atom. The lowest BCUT2D eigenvalue weighted by Gasteiger charge is -2.22. The summed E-state index contributed by atoms with van der Waals surface area (Å²) < 4.78 is 0. The van der Waals surface area contributed by atoms with E-state index in [0.29, 0.717) is 23.8 Å². The number of quaternary nitrogens is 1. The Balaban J connectivity index is 2.49. The molecule has 0 aliphatic rings. The van der Waals surface area contributed by atoms with E-state index in [0.717, 1.165) is 4.90 Å². The first-order valence-electron chi connectivity index (χ1n) is 8.27. The Labute approximate surface area is 153 Å². The van der Waals surface area contributed by atoms with Gasteiger partial charge >= 0.3 is 0 Å². The fourth-order valence-corrected chi connectivity index (χ4v) is 2.45. The summed E-state index contributed by atoms with van der Waals surface area (Å²) >= 11 is 6.00. The first kappa shape index (κ1) is 20.9. The molecule has 1 atom stereocenters. The number of likely N-dealkylation sites (N-methyl/N-ethyl adjacent to an activating group) is 3. The average Bonchev–Trinajstić information content (AvgIpc) is 2.54. The second-order valence-corrected chi connectivity index (χ2v) is 6.11. The van der Waals surface area contributed by atoms with E-state index < -0.39 is 0 Å². The van der Waals surface area contributed by atoms with E-state index in [9.17, 15) is 14.4 Å². The zero-order valence-electron chi connectivity index (χ0n) is 14.9. The number of carbonyl (C=O) groups excluding carboxylic acids is 3. The maximum Gasteiger partial charge on any atom is 0.279 e. The minimum Gasteiger partial charge on any atom is -0.355 e. The van der Waals surface area contributed by atoms with Crippen LogP contribution >= 0.6 is 11.6 Å². The number of hydrogen-bond donors (Lipinski definition) is 3. The van der Waals surface area contributed by atoms with Crippen molar-refractivity contribution < 1.29 is 19.3 Å². The fourth-order valence-electron chi connectivity index (χ4n) is 2.27. The second-order valence-electron chi connectivity index (χ2n) is 5.70. The van der Waals surface area contributed by atoms with E-state index in [4.69, 9.17) is 11.6 Å². The summed E-state index contributed by atoms with van der Waals surface area (Å²) in [5, 5.41) is 5.85. The Hall–Kier alpha value is -2.12. The molecule has 1 aromatic rings. The summed E-state index contributed by atoms with van der Waals surface area (Å²) in [6, 6.07) is 6.97. The van der Waals surface area contributed by atoms with Gasteiger partial charge in [0.2, 0.25) is 5.91 Å². The van der Waals surface area contributed by atoms with Crippen LogP contribution in [0.4, 0.5) is 5.69 Å². The molecule has 1 rings (SSSR count). The van der Waals surface area contributed by atoms with Gasteiger partial charge in [0.05, 0.1) is 24.3 Å². The minimum absolute atomic E-state index is 0.0300. The Bertz CT molecular complexity index is 609. The lowest BCUT2D eigenvalue weighted by Crippen LogP contribution is -3.11. The van der Waals surface area contributed by atoms with Crippen molar-refractivity contribution in [2.45, 2.75) is 13.8 Å². The van der Waals surface area contributed by atoms with Crippen LogP contribution in [0.5, 0.6) is 0 Å². The maximum atomic E-state index is 12.3. The lowest BCUT2D eigenvalue weighted by molar-refractivity contribution is -0.862. The molecule has 138 valence electrons. The highest BCUT2D eigenvalue weighted by molar-refractivity contribution is 6.33. The molecule has 25 heavy (non-hydrogen) atoms. The van der Waals surface area contributed by atoms with Crippen molar-refractivity contribution in [3.8, 4) is 0 Å². The summed E-state index contributed by atoms with van der Waals surface area (Å²) in [6.45, 7) is 4.89. The summed E-state index contributed by atoms with van der Waals surface area (Å²) in [4.78, 5) is 38.2. The molecule has 0 saturated carbocycles. The number of para-hydroxylation sites is 1. The first-order chi connectivity index (χ1) is 11.9. The smallest absolute Gasteiger partial charge is 0.279 e. The average molecular weight is 370 g/mol. The van der Waals surface area contributed by atoms with Crippen molar-refractivity contribution in [1.82, 2.24) is 10.2 Å². The predicted molar refractivity (Wildman–Crippen MR) is 97.6 cm³/mol. The minimum atomic E-state index is -0.231. The molecule has 0 aromatic heterocycles. The molecule has 0 aliphatic carbocycles. The summed E-state index contributed by atoms with van der Waals surface area (Å²) in [5.41, 5.74) is 0.541. The van der Waals surface area contributed by atoms with Crippen molar-refractivity contribution in [1.29, 1.82) is 0 Å². The van der Waals surface area contributed by atoms with Crippen molar-refractivity contribution in [2.75, 3.05) is 45.1 Å². The van der Waals surface area contributed by atoms with Crippen molar-refractivity contribution in [3.05, 3.63) is 29.3 Å². The number of halogens is 1. The van der Waals surface area contributed by atoms with Gasteiger partial charge in [0.1, 0.15) is 0 Å². The van der Waals surface area contributed by atoms with Gasteiger partial charge in [-0.1, -0.05) is 23.7 Å². The molecule has 0 heterocycles. The van der Waals surface area contributed by atoms with E-state index in [1.165, 1.54) is 4.90 Å². The highest BCUT2D eigenvalue weighted by Gasteiger charge is 2.20. The van der Waals surface area contributed by atoms with Gasteiger partial charge in [0.15, 0.2) is 13.1 Å². The Morgan fingerprint density at radius 1 is 1.12 bits per heavy atom. The summed E-state index contributed by atoms with van der Waals surface area (Å²) in [6.07, 6.45) is 0. The summed E-state index contributed by atoms with van der Waals surface area (Å²) in [7, 11) is 1.75. The van der Waals surface area contributed by atoms with Crippen molar-refractivity contribution >= 4 is 35.0 Å². The van der Waals surface area contributed by atoms with Crippen LogP contribution < -0.4 is 15.5 Å². The topological polar surface area (TPSA) is 83.0 Å². The van der Waals surface area contributed by atoms with Gasteiger partial charge < -0.3 is 20.4 Å². The molecule has 0 spiro atoms. The van der Waals surface area contributed by atoms with E-state index in [1.807, 2.05) is 13.8 Å². The fraction of sp³-hybridized carbons (Fsp3) is 0.471. The molecule has 0 bridgehead atoms. The molecule has 0 saturated heterocycles. The van der Waals surface area contributed by atoms with Crippen LogP contribution in [0.15, 0.2) is 24.3 Å². The van der Waals surface area contributed by atoms with E-state index >= 15 is 0 Å². The number of nitrogens with zero attached hydrogens (tertiary/aromatic N) is 1. The van der Waals surface area contributed by atoms with Crippen LogP contribution in [0.3, 0.4) is 0 Å². The molecule has 0 radical (unpaired) electrons. The highest BCUT2D eigenvalue weighted by Crippen LogP contribution is 2.19. The number of nitrogens with one attached hydrogen (secondary N) is 3. The standard InChI is InChI=1S/C17H25ClN4O3/c1-4-19-15(23)11-22(5-2)17(25)12-21(3)10-16(24)20-14-9-7-6-8-13(14)18/h6-9H,4-5,10-12H2,1-3H3,(H,19,23)(H,20,24)/p+1. The third-order valence-electron chi connectivity index (χ3n) is 3.51. The Kier molecular flexibility index (Phi) is 8.94. The van der Waals surface area contributed by atoms with Gasteiger partial charge in [-0.2, -0.15) is 0 Å². The number of carbonyl (C=O) groups is 3. The van der Waals surface area contributed by atoms with Gasteiger partial charge in [-0.05, 0) is 26.0 Å². The number of benzene rings is 1. The van der Waals surface area contributed by atoms with Gasteiger partial charge in [-0.25, -0.2) is 0 Å². The van der Waals surface area contributed by atoms with E-state index in [-0.39, 0.29) is 37.4 Å². The largest absolute Gasteiger partial charge is 0.355 e. The monoisotopic (exact) mass is 369 g/mol. The van der Waals surface area contributed by atoms with E-state index in [1.54, 1.807) is 31.3 Å². The molecule has 7 nitrogen and oxygen atoms in total. The first-order valence-corrected chi connectivity index (χ1v) is 8.65. The molecule has 0 fully saturated rings. The zero-order valence-corrected chi connectivity index (χ0v) is 15.7. The van der Waals surface area contributed by atoms with Crippen molar-refractivity contribution in [2.24, 2.45) is 0 Å².